The highest BCUT2D eigenvalue weighted by Crippen LogP contribution is 2.55. The van der Waals surface area contributed by atoms with E-state index in [4.69, 9.17) is 14.7 Å². The molecule has 0 heterocycles. The van der Waals surface area contributed by atoms with E-state index in [-0.39, 0.29) is 6.61 Å². The van der Waals surface area contributed by atoms with Crippen LogP contribution in [0.3, 0.4) is 0 Å². The van der Waals surface area contributed by atoms with Crippen molar-refractivity contribution in [3.05, 3.63) is 11.6 Å². The van der Waals surface area contributed by atoms with E-state index in [1.807, 2.05) is 0 Å². The van der Waals surface area contributed by atoms with E-state index in [1.165, 1.54) is 0 Å². The van der Waals surface area contributed by atoms with Crippen molar-refractivity contribution in [2.75, 3.05) is 12.5 Å². The molecule has 1 atom stereocenters. The van der Waals surface area contributed by atoms with Crippen molar-refractivity contribution in [3.63, 3.8) is 0 Å². The molecule has 0 spiro atoms. The highest BCUT2D eigenvalue weighted by atomic mass is 31.2. The summed E-state index contributed by atoms with van der Waals surface area (Å²) in [6, 6.07) is 0. The average molecular weight is 244 g/mol. The van der Waals surface area contributed by atoms with E-state index in [1.54, 1.807) is 19.9 Å². The molecule has 0 radical (unpaired) electrons. The van der Waals surface area contributed by atoms with Gasteiger partial charge in [0, 0.05) is 0 Å². The van der Waals surface area contributed by atoms with Crippen LogP contribution in [-0.4, -0.2) is 27.2 Å². The number of rotatable bonds is 5. The fourth-order valence-corrected chi connectivity index (χ4v) is 3.09. The van der Waals surface area contributed by atoms with Crippen LogP contribution in [-0.2, 0) is 13.7 Å². The number of allylic oxidation sites excluding steroid dienone is 1. The number of hydrogen-bond donors (Lipinski definition) is 3. The fourth-order valence-electron chi connectivity index (χ4n) is 0.594. The standard InChI is InChI=1S/C6H14O6P2/c1-6(2)3-4-12-14(10,11)5-13(7,8)9/h3H,4-5H2,1-2H3,(H,10,11)(H2,7,8,9). The van der Waals surface area contributed by atoms with Crippen LogP contribution in [0.4, 0.5) is 0 Å². The highest BCUT2D eigenvalue weighted by Gasteiger charge is 2.30. The third-order valence-corrected chi connectivity index (χ3v) is 4.59. The van der Waals surface area contributed by atoms with Crippen LogP contribution >= 0.6 is 15.2 Å². The van der Waals surface area contributed by atoms with E-state index in [0.29, 0.717) is 0 Å². The lowest BCUT2D eigenvalue weighted by atomic mass is 10.3. The Balaban J connectivity index is 4.17. The van der Waals surface area contributed by atoms with E-state index >= 15 is 0 Å². The smallest absolute Gasteiger partial charge is 0.324 e. The molecule has 0 amide bonds. The van der Waals surface area contributed by atoms with Crippen molar-refractivity contribution < 1.29 is 28.3 Å². The number of hydrogen-bond acceptors (Lipinski definition) is 3. The minimum absolute atomic E-state index is 0.129. The van der Waals surface area contributed by atoms with Gasteiger partial charge >= 0.3 is 15.2 Å². The van der Waals surface area contributed by atoms with Gasteiger partial charge in [-0.05, 0) is 13.8 Å². The summed E-state index contributed by atoms with van der Waals surface area (Å²) in [7, 11) is -8.69. The Morgan fingerprint density at radius 1 is 1.29 bits per heavy atom. The first kappa shape index (κ1) is 14.0. The van der Waals surface area contributed by atoms with Crippen molar-refractivity contribution >= 4 is 15.2 Å². The van der Waals surface area contributed by atoms with Crippen LogP contribution in [0.2, 0.25) is 0 Å². The largest absolute Gasteiger partial charge is 0.340 e. The second-order valence-corrected chi connectivity index (χ2v) is 7.01. The topological polar surface area (TPSA) is 104 Å². The van der Waals surface area contributed by atoms with E-state index < -0.39 is 21.1 Å². The Kier molecular flexibility index (Phi) is 5.23. The van der Waals surface area contributed by atoms with Crippen LogP contribution in [0.15, 0.2) is 11.6 Å². The third-order valence-electron chi connectivity index (χ3n) is 1.13. The molecule has 0 aliphatic heterocycles. The predicted octanol–water partition coefficient (Wildman–Crippen LogP) is 1.29. The quantitative estimate of drug-likeness (QED) is 0.497. The molecule has 8 heteroatoms. The van der Waals surface area contributed by atoms with Crippen molar-refractivity contribution in [1.82, 2.24) is 0 Å². The summed E-state index contributed by atoms with van der Waals surface area (Å²) in [5, 5.41) is 0. The van der Waals surface area contributed by atoms with Crippen LogP contribution in [0.1, 0.15) is 13.8 Å². The Bertz CT molecular complexity index is 299. The summed E-state index contributed by atoms with van der Waals surface area (Å²) in [6.45, 7) is 3.42. The molecule has 0 aromatic carbocycles. The SMILES string of the molecule is CC(C)=CCOP(=O)(O)CP(=O)(O)O. The summed E-state index contributed by atoms with van der Waals surface area (Å²) in [6.07, 6.45) is 1.54. The van der Waals surface area contributed by atoms with Gasteiger partial charge in [-0.15, -0.1) is 0 Å². The maximum absolute atomic E-state index is 11.0. The molecule has 0 saturated carbocycles. The van der Waals surface area contributed by atoms with Gasteiger partial charge in [0.15, 0.2) is 5.90 Å². The first-order valence-corrected chi connectivity index (χ1v) is 7.33. The molecule has 3 N–H and O–H groups in total. The van der Waals surface area contributed by atoms with E-state index in [2.05, 4.69) is 4.52 Å². The Morgan fingerprint density at radius 2 is 1.79 bits per heavy atom. The Morgan fingerprint density at radius 3 is 2.14 bits per heavy atom. The second kappa shape index (κ2) is 5.21. The van der Waals surface area contributed by atoms with Crippen LogP contribution < -0.4 is 0 Å². The molecule has 0 aliphatic rings. The molecule has 0 aliphatic carbocycles. The lowest BCUT2D eigenvalue weighted by molar-refractivity contribution is 0.287. The van der Waals surface area contributed by atoms with Gasteiger partial charge in [0.25, 0.3) is 0 Å². The monoisotopic (exact) mass is 244 g/mol. The zero-order valence-corrected chi connectivity index (χ0v) is 9.74. The molecule has 14 heavy (non-hydrogen) atoms. The average Bonchev–Trinajstić information content (AvgIpc) is 1.78. The molecule has 0 bridgehead atoms. The molecule has 0 saturated heterocycles. The Hall–Kier alpha value is 0.0400. The zero-order valence-electron chi connectivity index (χ0n) is 7.95. The first-order valence-electron chi connectivity index (χ1n) is 3.77. The maximum atomic E-state index is 11.0. The summed E-state index contributed by atoms with van der Waals surface area (Å²) >= 11 is 0. The zero-order chi connectivity index (χ0) is 11.4. The maximum Gasteiger partial charge on any atom is 0.340 e. The predicted molar refractivity (Wildman–Crippen MR) is 52.1 cm³/mol. The van der Waals surface area contributed by atoms with Crippen molar-refractivity contribution in [1.29, 1.82) is 0 Å². The first-order chi connectivity index (χ1) is 6.12. The van der Waals surface area contributed by atoms with Gasteiger partial charge in [-0.2, -0.15) is 0 Å². The lowest BCUT2D eigenvalue weighted by Gasteiger charge is -2.11. The van der Waals surface area contributed by atoms with Crippen LogP contribution in [0.5, 0.6) is 0 Å². The van der Waals surface area contributed by atoms with Crippen molar-refractivity contribution in [2.24, 2.45) is 0 Å². The molecule has 6 nitrogen and oxygen atoms in total. The van der Waals surface area contributed by atoms with E-state index in [9.17, 15) is 9.13 Å². The molecule has 84 valence electrons. The summed E-state index contributed by atoms with van der Waals surface area (Å²) in [5.41, 5.74) is 0.890. The fraction of sp³-hybridized carbons (Fsp3) is 0.667. The molecule has 0 fully saturated rings. The highest BCUT2D eigenvalue weighted by molar-refractivity contribution is 7.70. The molecule has 1 unspecified atom stereocenters. The van der Waals surface area contributed by atoms with Gasteiger partial charge < -0.3 is 19.2 Å². The Labute approximate surface area is 82.3 Å². The summed E-state index contributed by atoms with van der Waals surface area (Å²) in [4.78, 5) is 25.9. The van der Waals surface area contributed by atoms with Crippen LogP contribution in [0, 0.1) is 0 Å². The summed E-state index contributed by atoms with van der Waals surface area (Å²) in [5.74, 6) is -1.14. The van der Waals surface area contributed by atoms with Gasteiger partial charge in [-0.1, -0.05) is 11.6 Å². The van der Waals surface area contributed by atoms with Crippen LogP contribution in [0.25, 0.3) is 0 Å². The molecule has 0 aromatic heterocycles. The van der Waals surface area contributed by atoms with Gasteiger partial charge in [-0.3, -0.25) is 9.13 Å². The van der Waals surface area contributed by atoms with Crippen molar-refractivity contribution in [2.45, 2.75) is 13.8 Å². The minimum atomic E-state index is -4.51. The van der Waals surface area contributed by atoms with E-state index in [0.717, 1.165) is 5.57 Å². The van der Waals surface area contributed by atoms with Gasteiger partial charge in [0.1, 0.15) is 0 Å². The second-order valence-electron chi connectivity index (χ2n) is 3.02. The molecule has 0 aromatic rings. The molecular formula is C6H14O6P2. The normalized spacial score (nSPS) is 16.1. The minimum Gasteiger partial charge on any atom is -0.324 e. The van der Waals surface area contributed by atoms with Gasteiger partial charge in [0.2, 0.25) is 0 Å². The third kappa shape index (κ3) is 8.63. The molecular weight excluding hydrogens is 230 g/mol. The van der Waals surface area contributed by atoms with Crippen molar-refractivity contribution in [3.8, 4) is 0 Å². The molecule has 0 rings (SSSR count). The summed E-state index contributed by atoms with van der Waals surface area (Å²) < 4.78 is 25.9. The van der Waals surface area contributed by atoms with Gasteiger partial charge in [-0.25, -0.2) is 0 Å². The van der Waals surface area contributed by atoms with Gasteiger partial charge in [0.05, 0.1) is 6.61 Å². The lowest BCUT2D eigenvalue weighted by Crippen LogP contribution is -1.96.